The van der Waals surface area contributed by atoms with Crippen LogP contribution in [0.15, 0.2) is 12.1 Å². The maximum absolute atomic E-state index is 10.7. The maximum Gasteiger partial charge on any atom is 0.320 e. The monoisotopic (exact) mass is 223 g/mol. The van der Waals surface area contributed by atoms with Gasteiger partial charge >= 0.3 is 5.97 Å². The fourth-order valence-corrected chi connectivity index (χ4v) is 1.70. The molecule has 0 saturated carbocycles. The molecule has 0 amide bonds. The van der Waals surface area contributed by atoms with Crippen molar-refractivity contribution in [2.75, 3.05) is 6.79 Å². The number of fused-ring (bicyclic) bond motifs is 1. The lowest BCUT2D eigenvalue weighted by Crippen LogP contribution is -2.32. The number of aliphatic carboxylic acids is 1. The molecule has 0 fully saturated rings. The molecule has 0 spiro atoms. The average molecular weight is 223 g/mol. The number of carboxylic acid groups (broad SMARTS) is 1. The second-order valence-electron chi connectivity index (χ2n) is 3.73. The zero-order valence-electron chi connectivity index (χ0n) is 8.90. The van der Waals surface area contributed by atoms with Crippen LogP contribution in [-0.4, -0.2) is 23.9 Å². The summed E-state index contributed by atoms with van der Waals surface area (Å²) in [6, 6.07) is 2.71. The molecule has 3 N–H and O–H groups in total. The van der Waals surface area contributed by atoms with E-state index in [0.717, 1.165) is 11.1 Å². The van der Waals surface area contributed by atoms with Crippen LogP contribution in [0.2, 0.25) is 0 Å². The maximum atomic E-state index is 10.7. The van der Waals surface area contributed by atoms with E-state index in [2.05, 4.69) is 0 Å². The Hall–Kier alpha value is -1.75. The van der Waals surface area contributed by atoms with Crippen LogP contribution in [0.1, 0.15) is 11.1 Å². The minimum absolute atomic E-state index is 0.213. The van der Waals surface area contributed by atoms with Gasteiger partial charge in [0.1, 0.15) is 6.04 Å². The quantitative estimate of drug-likeness (QED) is 0.787. The number of benzene rings is 1. The van der Waals surface area contributed by atoms with Gasteiger partial charge in [-0.25, -0.2) is 0 Å². The lowest BCUT2D eigenvalue weighted by atomic mass is 10.0. The molecule has 1 heterocycles. The lowest BCUT2D eigenvalue weighted by Gasteiger charge is -2.11. The van der Waals surface area contributed by atoms with Crippen LogP contribution < -0.4 is 15.2 Å². The Morgan fingerprint density at radius 1 is 1.56 bits per heavy atom. The standard InChI is InChI=1S/C11H13NO4/c1-6-7(4-8(12)11(13)14)2-3-9-10(6)16-5-15-9/h2-3,8H,4-5,12H2,1H3,(H,13,14). The molecule has 1 aliphatic heterocycles. The molecule has 5 heteroatoms. The first-order valence-corrected chi connectivity index (χ1v) is 4.96. The molecule has 1 aliphatic rings. The van der Waals surface area contributed by atoms with Gasteiger partial charge in [-0.1, -0.05) is 6.07 Å². The van der Waals surface area contributed by atoms with Gasteiger partial charge in [0.15, 0.2) is 11.5 Å². The summed E-state index contributed by atoms with van der Waals surface area (Å²) in [4.78, 5) is 10.7. The second kappa shape index (κ2) is 4.02. The van der Waals surface area contributed by atoms with Crippen LogP contribution in [0, 0.1) is 6.92 Å². The molecule has 0 aromatic heterocycles. The molecule has 1 aromatic rings. The summed E-state index contributed by atoms with van der Waals surface area (Å²) >= 11 is 0. The predicted molar refractivity (Wildman–Crippen MR) is 56.6 cm³/mol. The highest BCUT2D eigenvalue weighted by Gasteiger charge is 2.20. The summed E-state index contributed by atoms with van der Waals surface area (Å²) in [5.74, 6) is 0.386. The SMILES string of the molecule is Cc1c(CC(N)C(=O)O)ccc2c1OCO2. The molecular formula is C11H13NO4. The van der Waals surface area contributed by atoms with Crippen molar-refractivity contribution in [1.82, 2.24) is 0 Å². The van der Waals surface area contributed by atoms with Crippen LogP contribution in [-0.2, 0) is 11.2 Å². The van der Waals surface area contributed by atoms with Gasteiger partial charge in [-0.15, -0.1) is 0 Å². The Kier molecular flexibility index (Phi) is 2.70. The number of ether oxygens (including phenoxy) is 2. The molecule has 86 valence electrons. The fourth-order valence-electron chi connectivity index (χ4n) is 1.70. The van der Waals surface area contributed by atoms with E-state index in [1.807, 2.05) is 13.0 Å². The van der Waals surface area contributed by atoms with E-state index in [1.165, 1.54) is 0 Å². The number of nitrogens with two attached hydrogens (primary N) is 1. The molecule has 0 aliphatic carbocycles. The number of carbonyl (C=O) groups is 1. The van der Waals surface area contributed by atoms with Crippen molar-refractivity contribution in [2.45, 2.75) is 19.4 Å². The van der Waals surface area contributed by atoms with E-state index in [-0.39, 0.29) is 13.2 Å². The Bertz CT molecular complexity index is 430. The molecular weight excluding hydrogens is 210 g/mol. The highest BCUT2D eigenvalue weighted by molar-refractivity contribution is 5.73. The Morgan fingerprint density at radius 2 is 2.31 bits per heavy atom. The molecule has 1 aromatic carbocycles. The summed E-state index contributed by atoms with van der Waals surface area (Å²) in [5.41, 5.74) is 7.26. The van der Waals surface area contributed by atoms with Crippen molar-refractivity contribution >= 4 is 5.97 Å². The van der Waals surface area contributed by atoms with Gasteiger partial charge < -0.3 is 20.3 Å². The number of rotatable bonds is 3. The van der Waals surface area contributed by atoms with Crippen molar-refractivity contribution in [2.24, 2.45) is 5.73 Å². The van der Waals surface area contributed by atoms with Crippen molar-refractivity contribution in [3.63, 3.8) is 0 Å². The van der Waals surface area contributed by atoms with Gasteiger partial charge in [0.05, 0.1) is 0 Å². The molecule has 1 atom stereocenters. The number of carboxylic acids is 1. The van der Waals surface area contributed by atoms with Crippen LogP contribution in [0.25, 0.3) is 0 Å². The van der Waals surface area contributed by atoms with E-state index < -0.39 is 12.0 Å². The van der Waals surface area contributed by atoms with Gasteiger partial charge in [0.2, 0.25) is 6.79 Å². The molecule has 0 saturated heterocycles. The van der Waals surface area contributed by atoms with Crippen LogP contribution in [0.4, 0.5) is 0 Å². The lowest BCUT2D eigenvalue weighted by molar-refractivity contribution is -0.138. The second-order valence-corrected chi connectivity index (χ2v) is 3.73. The number of hydrogen-bond acceptors (Lipinski definition) is 4. The minimum Gasteiger partial charge on any atom is -0.480 e. The van der Waals surface area contributed by atoms with E-state index in [4.69, 9.17) is 20.3 Å². The molecule has 16 heavy (non-hydrogen) atoms. The normalized spacial score (nSPS) is 14.9. The van der Waals surface area contributed by atoms with Gasteiger partial charge in [0, 0.05) is 0 Å². The summed E-state index contributed by atoms with van der Waals surface area (Å²) in [5, 5.41) is 8.75. The highest BCUT2D eigenvalue weighted by atomic mass is 16.7. The summed E-state index contributed by atoms with van der Waals surface area (Å²) in [6.45, 7) is 2.09. The van der Waals surface area contributed by atoms with E-state index in [0.29, 0.717) is 11.5 Å². The van der Waals surface area contributed by atoms with Crippen molar-refractivity contribution in [3.8, 4) is 11.5 Å². The molecule has 2 rings (SSSR count). The van der Waals surface area contributed by atoms with Crippen LogP contribution >= 0.6 is 0 Å². The van der Waals surface area contributed by atoms with Crippen molar-refractivity contribution < 1.29 is 19.4 Å². The smallest absolute Gasteiger partial charge is 0.320 e. The van der Waals surface area contributed by atoms with Gasteiger partial charge in [0.25, 0.3) is 0 Å². The van der Waals surface area contributed by atoms with E-state index >= 15 is 0 Å². The van der Waals surface area contributed by atoms with Gasteiger partial charge in [-0.3, -0.25) is 4.79 Å². The first-order chi connectivity index (χ1) is 7.59. The van der Waals surface area contributed by atoms with Crippen LogP contribution in [0.3, 0.4) is 0 Å². The molecule has 5 nitrogen and oxygen atoms in total. The van der Waals surface area contributed by atoms with Crippen molar-refractivity contribution in [1.29, 1.82) is 0 Å². The third kappa shape index (κ3) is 1.81. The summed E-state index contributed by atoms with van der Waals surface area (Å²) in [6.07, 6.45) is 0.289. The third-order valence-corrected chi connectivity index (χ3v) is 2.66. The van der Waals surface area contributed by atoms with Gasteiger partial charge in [-0.2, -0.15) is 0 Å². The summed E-state index contributed by atoms with van der Waals surface area (Å²) < 4.78 is 10.5. The zero-order chi connectivity index (χ0) is 11.7. The largest absolute Gasteiger partial charge is 0.480 e. The number of hydrogen-bond donors (Lipinski definition) is 2. The van der Waals surface area contributed by atoms with Gasteiger partial charge in [-0.05, 0) is 30.5 Å². The molecule has 0 bridgehead atoms. The third-order valence-electron chi connectivity index (χ3n) is 2.66. The average Bonchev–Trinajstić information content (AvgIpc) is 2.70. The summed E-state index contributed by atoms with van der Waals surface area (Å²) in [7, 11) is 0. The Balaban J connectivity index is 2.26. The Labute approximate surface area is 92.8 Å². The first kappa shape index (κ1) is 10.8. The zero-order valence-corrected chi connectivity index (χ0v) is 8.90. The molecule has 0 radical (unpaired) electrons. The van der Waals surface area contributed by atoms with E-state index in [1.54, 1.807) is 6.07 Å². The fraction of sp³-hybridized carbons (Fsp3) is 0.364. The topological polar surface area (TPSA) is 81.8 Å². The van der Waals surface area contributed by atoms with Crippen LogP contribution in [0.5, 0.6) is 11.5 Å². The highest BCUT2D eigenvalue weighted by Crippen LogP contribution is 2.37. The minimum atomic E-state index is -1.00. The predicted octanol–water partition coefficient (Wildman–Crippen LogP) is 0.678. The Morgan fingerprint density at radius 3 is 3.00 bits per heavy atom. The van der Waals surface area contributed by atoms with Crippen molar-refractivity contribution in [3.05, 3.63) is 23.3 Å². The molecule has 1 unspecified atom stereocenters. The first-order valence-electron chi connectivity index (χ1n) is 4.96. The van der Waals surface area contributed by atoms with E-state index in [9.17, 15) is 4.79 Å².